The second-order valence-corrected chi connectivity index (χ2v) is 2.15. The first-order chi connectivity index (χ1) is 5.70. The highest BCUT2D eigenvalue weighted by Gasteiger charge is 1.99. The number of carboxylic acids is 1. The number of anilines is 1. The average molecular weight is 171 g/mol. The molecule has 0 bridgehead atoms. The third kappa shape index (κ3) is 2.24. The van der Waals surface area contributed by atoms with Gasteiger partial charge >= 0.3 is 5.97 Å². The molecule has 0 saturated carbocycles. The standard InChI is InChI=1S/C6H9N3O3/c1-9-3-2-7-6(9)8-12-4-5(10)11/h2-3H,4H2,1H3,(H,7,8)(H,10,11). The molecule has 1 aromatic heterocycles. The number of rotatable bonds is 4. The number of aliphatic carboxylic acids is 1. The first kappa shape index (κ1) is 8.54. The molecule has 0 unspecified atom stereocenters. The van der Waals surface area contributed by atoms with Crippen molar-refractivity contribution in [1.29, 1.82) is 0 Å². The van der Waals surface area contributed by atoms with Gasteiger partial charge in [-0.1, -0.05) is 0 Å². The van der Waals surface area contributed by atoms with E-state index in [9.17, 15) is 4.79 Å². The van der Waals surface area contributed by atoms with Crippen LogP contribution in [0.15, 0.2) is 12.4 Å². The largest absolute Gasteiger partial charge is 0.479 e. The third-order valence-corrected chi connectivity index (χ3v) is 1.18. The Bertz CT molecular complexity index is 271. The summed E-state index contributed by atoms with van der Waals surface area (Å²) < 4.78 is 1.67. The van der Waals surface area contributed by atoms with E-state index in [-0.39, 0.29) is 0 Å². The van der Waals surface area contributed by atoms with Crippen LogP contribution in [0, 0.1) is 0 Å². The molecule has 0 amide bonds. The smallest absolute Gasteiger partial charge is 0.332 e. The van der Waals surface area contributed by atoms with E-state index >= 15 is 0 Å². The maximum absolute atomic E-state index is 10.0. The lowest BCUT2D eigenvalue weighted by Crippen LogP contribution is -2.13. The van der Waals surface area contributed by atoms with Gasteiger partial charge in [0.05, 0.1) is 0 Å². The third-order valence-electron chi connectivity index (χ3n) is 1.18. The molecule has 0 aliphatic heterocycles. The number of hydrogen-bond acceptors (Lipinski definition) is 4. The summed E-state index contributed by atoms with van der Waals surface area (Å²) in [6.45, 7) is -0.396. The molecule has 0 fully saturated rings. The van der Waals surface area contributed by atoms with Crippen LogP contribution in [0.25, 0.3) is 0 Å². The van der Waals surface area contributed by atoms with E-state index in [0.29, 0.717) is 5.95 Å². The van der Waals surface area contributed by atoms with Gasteiger partial charge in [-0.25, -0.2) is 15.3 Å². The Morgan fingerprint density at radius 3 is 3.17 bits per heavy atom. The highest BCUT2D eigenvalue weighted by molar-refractivity contribution is 5.68. The molecule has 1 heterocycles. The number of imidazole rings is 1. The maximum Gasteiger partial charge on any atom is 0.332 e. The van der Waals surface area contributed by atoms with Crippen molar-refractivity contribution in [3.05, 3.63) is 12.4 Å². The summed E-state index contributed by atoms with van der Waals surface area (Å²) in [7, 11) is 1.76. The molecule has 1 rings (SSSR count). The first-order valence-electron chi connectivity index (χ1n) is 3.27. The van der Waals surface area contributed by atoms with Gasteiger partial charge < -0.3 is 9.67 Å². The van der Waals surface area contributed by atoms with Crippen LogP contribution in [-0.2, 0) is 16.7 Å². The van der Waals surface area contributed by atoms with E-state index in [0.717, 1.165) is 0 Å². The summed E-state index contributed by atoms with van der Waals surface area (Å²) in [5, 5.41) is 8.22. The second kappa shape index (κ2) is 3.72. The molecule has 6 heteroatoms. The molecule has 0 saturated heterocycles. The number of nitrogens with zero attached hydrogens (tertiary/aromatic N) is 2. The number of carboxylic acid groups (broad SMARTS) is 1. The zero-order valence-electron chi connectivity index (χ0n) is 6.52. The lowest BCUT2D eigenvalue weighted by molar-refractivity contribution is -0.141. The van der Waals surface area contributed by atoms with Gasteiger partial charge in [0, 0.05) is 19.4 Å². The maximum atomic E-state index is 10.0. The predicted molar refractivity (Wildman–Crippen MR) is 40.4 cm³/mol. The van der Waals surface area contributed by atoms with Gasteiger partial charge in [-0.15, -0.1) is 0 Å². The summed E-state index contributed by atoms with van der Waals surface area (Å²) in [6, 6.07) is 0. The minimum atomic E-state index is -1.03. The highest BCUT2D eigenvalue weighted by Crippen LogP contribution is 1.99. The second-order valence-electron chi connectivity index (χ2n) is 2.15. The van der Waals surface area contributed by atoms with Gasteiger partial charge in [0.1, 0.15) is 0 Å². The molecular weight excluding hydrogens is 162 g/mol. The van der Waals surface area contributed by atoms with Gasteiger partial charge in [0.2, 0.25) is 5.95 Å². The van der Waals surface area contributed by atoms with Crippen LogP contribution in [0.4, 0.5) is 5.95 Å². The monoisotopic (exact) mass is 171 g/mol. The molecule has 0 atom stereocenters. The molecule has 2 N–H and O–H groups in total. The summed E-state index contributed by atoms with van der Waals surface area (Å²) in [5.41, 5.74) is 2.40. The van der Waals surface area contributed by atoms with Crippen LogP contribution in [0.5, 0.6) is 0 Å². The predicted octanol–water partition coefficient (Wildman–Crippen LogP) is -0.152. The number of aryl methyl sites for hydroxylation is 1. The summed E-state index contributed by atoms with van der Waals surface area (Å²) >= 11 is 0. The van der Waals surface area contributed by atoms with Crippen LogP contribution < -0.4 is 5.48 Å². The number of nitrogens with one attached hydrogen (secondary N) is 1. The van der Waals surface area contributed by atoms with Crippen molar-refractivity contribution in [2.75, 3.05) is 12.1 Å². The van der Waals surface area contributed by atoms with Crippen LogP contribution >= 0.6 is 0 Å². The van der Waals surface area contributed by atoms with Crippen molar-refractivity contribution in [3.8, 4) is 0 Å². The Labute approximate surface area is 68.7 Å². The molecular formula is C6H9N3O3. The minimum Gasteiger partial charge on any atom is -0.479 e. The van der Waals surface area contributed by atoms with Crippen molar-refractivity contribution < 1.29 is 14.7 Å². The van der Waals surface area contributed by atoms with Crippen molar-refractivity contribution in [3.63, 3.8) is 0 Å². The molecule has 0 aliphatic rings. The van der Waals surface area contributed by atoms with Gasteiger partial charge in [-0.2, -0.15) is 0 Å². The number of carbonyl (C=O) groups is 1. The Balaban J connectivity index is 2.33. The van der Waals surface area contributed by atoms with E-state index in [1.54, 1.807) is 24.0 Å². The normalized spacial score (nSPS) is 9.75. The van der Waals surface area contributed by atoms with Gasteiger partial charge in [0.25, 0.3) is 0 Å². The molecule has 0 spiro atoms. The van der Waals surface area contributed by atoms with Gasteiger partial charge in [-0.05, 0) is 0 Å². The number of hydrogen-bond donors (Lipinski definition) is 2. The van der Waals surface area contributed by atoms with E-state index in [2.05, 4.69) is 15.3 Å². The molecule has 1 aromatic rings. The first-order valence-corrected chi connectivity index (χ1v) is 3.27. The average Bonchev–Trinajstić information content (AvgIpc) is 2.36. The van der Waals surface area contributed by atoms with Gasteiger partial charge in [-0.3, -0.25) is 4.84 Å². The van der Waals surface area contributed by atoms with Crippen molar-refractivity contribution in [2.45, 2.75) is 0 Å². The van der Waals surface area contributed by atoms with Crippen LogP contribution in [0.1, 0.15) is 0 Å². The quantitative estimate of drug-likeness (QED) is 0.616. The summed E-state index contributed by atoms with van der Waals surface area (Å²) in [6.07, 6.45) is 3.29. The van der Waals surface area contributed by atoms with E-state index in [1.165, 1.54) is 0 Å². The fourth-order valence-corrected chi connectivity index (χ4v) is 0.626. The molecule has 0 radical (unpaired) electrons. The van der Waals surface area contributed by atoms with Crippen molar-refractivity contribution in [1.82, 2.24) is 9.55 Å². The zero-order valence-corrected chi connectivity index (χ0v) is 6.52. The van der Waals surface area contributed by atoms with Crippen molar-refractivity contribution in [2.24, 2.45) is 7.05 Å². The zero-order chi connectivity index (χ0) is 8.97. The Hall–Kier alpha value is -1.56. The van der Waals surface area contributed by atoms with Crippen molar-refractivity contribution >= 4 is 11.9 Å². The van der Waals surface area contributed by atoms with E-state index in [4.69, 9.17) is 5.11 Å². The Morgan fingerprint density at radius 2 is 2.67 bits per heavy atom. The fourth-order valence-electron chi connectivity index (χ4n) is 0.626. The fraction of sp³-hybridized carbons (Fsp3) is 0.333. The molecule has 0 aliphatic carbocycles. The van der Waals surface area contributed by atoms with Crippen LogP contribution in [-0.4, -0.2) is 27.2 Å². The molecule has 12 heavy (non-hydrogen) atoms. The summed E-state index contributed by atoms with van der Waals surface area (Å²) in [5.74, 6) is -0.562. The minimum absolute atomic E-state index is 0.396. The number of aromatic nitrogens is 2. The van der Waals surface area contributed by atoms with E-state index in [1.807, 2.05) is 0 Å². The topological polar surface area (TPSA) is 76.4 Å². The molecule has 66 valence electrons. The lowest BCUT2D eigenvalue weighted by Gasteiger charge is -2.03. The SMILES string of the molecule is Cn1ccnc1NOCC(=O)O. The summed E-state index contributed by atoms with van der Waals surface area (Å²) in [4.78, 5) is 18.5. The molecule has 0 aromatic carbocycles. The van der Waals surface area contributed by atoms with Gasteiger partial charge in [0.15, 0.2) is 6.61 Å². The van der Waals surface area contributed by atoms with Crippen LogP contribution in [0.3, 0.4) is 0 Å². The van der Waals surface area contributed by atoms with E-state index < -0.39 is 12.6 Å². The lowest BCUT2D eigenvalue weighted by atomic mass is 10.8. The Morgan fingerprint density at radius 1 is 1.92 bits per heavy atom. The molecule has 6 nitrogen and oxygen atoms in total. The highest BCUT2D eigenvalue weighted by atomic mass is 16.7. The Kier molecular flexibility index (Phi) is 2.65. The van der Waals surface area contributed by atoms with Crippen LogP contribution in [0.2, 0.25) is 0 Å².